The Labute approximate surface area is 168 Å². The second-order valence-corrected chi connectivity index (χ2v) is 7.83. The molecule has 0 radical (unpaired) electrons. The number of hydrogen-bond donors (Lipinski definition) is 0. The highest BCUT2D eigenvalue weighted by molar-refractivity contribution is 6.20. The Hall–Kier alpha value is -3.59. The second kappa shape index (κ2) is 5.71. The summed E-state index contributed by atoms with van der Waals surface area (Å²) >= 11 is 0. The lowest BCUT2D eigenvalue weighted by molar-refractivity contribution is -0.652. The number of aromatic nitrogens is 2. The van der Waals surface area contributed by atoms with Gasteiger partial charge in [-0.25, -0.2) is 4.57 Å². The largest absolute Gasteiger partial charge is 0.456 e. The molecule has 0 N–H and O–H groups in total. The van der Waals surface area contributed by atoms with Crippen LogP contribution in [0.1, 0.15) is 11.4 Å². The van der Waals surface area contributed by atoms with Crippen molar-refractivity contribution in [3.8, 4) is 5.69 Å². The van der Waals surface area contributed by atoms with E-state index in [1.165, 1.54) is 49.7 Å². The zero-order valence-corrected chi connectivity index (χ0v) is 16.7. The number of nitrogens with zero attached hydrogens (tertiary/aromatic N) is 2. The van der Waals surface area contributed by atoms with Crippen LogP contribution in [0.15, 0.2) is 77.2 Å². The van der Waals surface area contributed by atoms with Crippen LogP contribution in [0.25, 0.3) is 49.4 Å². The number of imidazole rings is 1. The summed E-state index contributed by atoms with van der Waals surface area (Å²) in [6.07, 6.45) is 0. The van der Waals surface area contributed by atoms with Gasteiger partial charge in [0, 0.05) is 17.7 Å². The van der Waals surface area contributed by atoms with Gasteiger partial charge in [0.1, 0.15) is 16.9 Å². The van der Waals surface area contributed by atoms with Crippen molar-refractivity contribution >= 4 is 43.7 Å². The molecule has 0 spiro atoms. The Morgan fingerprint density at radius 2 is 1.59 bits per heavy atom. The van der Waals surface area contributed by atoms with Gasteiger partial charge in [-0.2, -0.15) is 4.57 Å². The maximum Gasteiger partial charge on any atom is 0.259 e. The van der Waals surface area contributed by atoms with Crippen molar-refractivity contribution in [3.63, 3.8) is 0 Å². The fourth-order valence-corrected chi connectivity index (χ4v) is 4.64. The summed E-state index contributed by atoms with van der Waals surface area (Å²) in [5.74, 6) is 1.21. The van der Waals surface area contributed by atoms with Crippen LogP contribution in [0.5, 0.6) is 0 Å². The normalized spacial score (nSPS) is 12.0. The zero-order chi connectivity index (χ0) is 19.7. The summed E-state index contributed by atoms with van der Waals surface area (Å²) < 4.78 is 10.8. The van der Waals surface area contributed by atoms with Crippen LogP contribution in [0.3, 0.4) is 0 Å². The molecular weight excluding hydrogens is 356 g/mol. The summed E-state index contributed by atoms with van der Waals surface area (Å²) in [5, 5.41) is 4.82. The van der Waals surface area contributed by atoms with Gasteiger partial charge in [0.25, 0.3) is 5.82 Å². The molecule has 0 bridgehead atoms. The standard InChI is InChI=1S/C26H21N2O/c1-16-8-4-6-10-21(16)28-17(2)27(3)22-14-18-12-13-25-26(20(18)15-23(22)28)19-9-5-7-11-24(19)29-25/h4-15H,1-3H3/q+1. The lowest BCUT2D eigenvalue weighted by Crippen LogP contribution is -2.30. The molecule has 0 atom stereocenters. The number of fused-ring (bicyclic) bond motifs is 6. The van der Waals surface area contributed by atoms with Crippen molar-refractivity contribution in [2.75, 3.05) is 0 Å². The predicted octanol–water partition coefficient (Wildman–Crippen LogP) is 6.12. The maximum absolute atomic E-state index is 6.12. The lowest BCUT2D eigenvalue weighted by atomic mass is 10.0. The summed E-state index contributed by atoms with van der Waals surface area (Å²) in [6.45, 7) is 4.35. The maximum atomic E-state index is 6.12. The molecule has 2 aromatic heterocycles. The van der Waals surface area contributed by atoms with Gasteiger partial charge in [-0.3, -0.25) is 0 Å². The average molecular weight is 377 g/mol. The first-order valence-electron chi connectivity index (χ1n) is 9.94. The van der Waals surface area contributed by atoms with E-state index in [-0.39, 0.29) is 0 Å². The first kappa shape index (κ1) is 16.4. The monoisotopic (exact) mass is 377 g/mol. The quantitative estimate of drug-likeness (QED) is 0.316. The molecule has 0 saturated heterocycles. The third-order valence-electron chi connectivity index (χ3n) is 6.22. The smallest absolute Gasteiger partial charge is 0.259 e. The van der Waals surface area contributed by atoms with Crippen molar-refractivity contribution in [3.05, 3.63) is 84.2 Å². The first-order chi connectivity index (χ1) is 14.1. The first-order valence-corrected chi connectivity index (χ1v) is 9.94. The van der Waals surface area contributed by atoms with Gasteiger partial charge in [-0.1, -0.05) is 42.5 Å². The molecule has 4 aromatic carbocycles. The fourth-order valence-electron chi connectivity index (χ4n) is 4.64. The van der Waals surface area contributed by atoms with E-state index in [9.17, 15) is 0 Å². The number of benzene rings is 4. The summed E-state index contributed by atoms with van der Waals surface area (Å²) in [6, 6.07) is 25.7. The van der Waals surface area contributed by atoms with Crippen LogP contribution in [0.4, 0.5) is 0 Å². The minimum Gasteiger partial charge on any atom is -0.456 e. The second-order valence-electron chi connectivity index (χ2n) is 7.83. The Morgan fingerprint density at radius 3 is 2.45 bits per heavy atom. The van der Waals surface area contributed by atoms with Crippen molar-refractivity contribution in [1.82, 2.24) is 4.57 Å². The van der Waals surface area contributed by atoms with Gasteiger partial charge in [-0.05, 0) is 53.6 Å². The highest BCUT2D eigenvalue weighted by Crippen LogP contribution is 2.36. The van der Waals surface area contributed by atoms with E-state index in [0.29, 0.717) is 0 Å². The van der Waals surface area contributed by atoms with E-state index in [1.807, 2.05) is 12.1 Å². The SMILES string of the molecule is Cc1ccccc1-n1c(C)[n+](C)c2cc3ccc4oc5ccccc5c4c3cc21. The summed E-state index contributed by atoms with van der Waals surface area (Å²) in [7, 11) is 2.14. The van der Waals surface area contributed by atoms with Crippen LogP contribution >= 0.6 is 0 Å². The topological polar surface area (TPSA) is 21.9 Å². The molecule has 0 fully saturated rings. The van der Waals surface area contributed by atoms with Crippen molar-refractivity contribution in [2.45, 2.75) is 13.8 Å². The third kappa shape index (κ3) is 2.16. The van der Waals surface area contributed by atoms with Crippen molar-refractivity contribution < 1.29 is 8.98 Å². The van der Waals surface area contributed by atoms with Crippen LogP contribution < -0.4 is 4.57 Å². The fraction of sp³-hybridized carbons (Fsp3) is 0.115. The van der Waals surface area contributed by atoms with Crippen LogP contribution in [-0.2, 0) is 7.05 Å². The zero-order valence-electron chi connectivity index (χ0n) is 16.7. The average Bonchev–Trinajstić information content (AvgIpc) is 3.23. The summed E-state index contributed by atoms with van der Waals surface area (Å²) in [5.41, 5.74) is 6.80. The van der Waals surface area contributed by atoms with E-state index in [1.54, 1.807) is 0 Å². The molecule has 140 valence electrons. The Morgan fingerprint density at radius 1 is 0.793 bits per heavy atom. The Balaban J connectivity index is 1.82. The molecule has 29 heavy (non-hydrogen) atoms. The minimum atomic E-state index is 0.936. The van der Waals surface area contributed by atoms with Crippen molar-refractivity contribution in [2.24, 2.45) is 7.05 Å². The molecule has 0 aliphatic heterocycles. The van der Waals surface area contributed by atoms with E-state index < -0.39 is 0 Å². The van der Waals surface area contributed by atoms with Gasteiger partial charge in [0.2, 0.25) is 0 Å². The van der Waals surface area contributed by atoms with Gasteiger partial charge in [0.05, 0.1) is 7.05 Å². The molecule has 0 aliphatic carbocycles. The Bertz CT molecular complexity index is 1580. The molecule has 6 rings (SSSR count). The molecule has 2 heterocycles. The number of hydrogen-bond acceptors (Lipinski definition) is 1. The number of aryl methyl sites for hydroxylation is 2. The lowest BCUT2D eigenvalue weighted by Gasteiger charge is -2.04. The predicted molar refractivity (Wildman–Crippen MR) is 119 cm³/mol. The molecule has 0 aliphatic rings. The third-order valence-corrected chi connectivity index (χ3v) is 6.22. The van der Waals surface area contributed by atoms with E-state index in [4.69, 9.17) is 4.42 Å². The molecule has 6 aromatic rings. The number of rotatable bonds is 1. The molecule has 3 heteroatoms. The molecule has 0 saturated carbocycles. The number of para-hydroxylation sites is 2. The minimum absolute atomic E-state index is 0.936. The van der Waals surface area contributed by atoms with Crippen molar-refractivity contribution in [1.29, 1.82) is 0 Å². The summed E-state index contributed by atoms with van der Waals surface area (Å²) in [4.78, 5) is 0. The molecule has 0 amide bonds. The molecular formula is C26H21N2O+. The van der Waals surface area contributed by atoms with Crippen LogP contribution in [0.2, 0.25) is 0 Å². The highest BCUT2D eigenvalue weighted by Gasteiger charge is 2.23. The van der Waals surface area contributed by atoms with E-state index >= 15 is 0 Å². The van der Waals surface area contributed by atoms with Crippen LogP contribution in [0, 0.1) is 13.8 Å². The molecule has 3 nitrogen and oxygen atoms in total. The van der Waals surface area contributed by atoms with E-state index in [0.717, 1.165) is 11.2 Å². The van der Waals surface area contributed by atoms with Crippen LogP contribution in [-0.4, -0.2) is 4.57 Å². The van der Waals surface area contributed by atoms with Gasteiger partial charge < -0.3 is 4.42 Å². The highest BCUT2D eigenvalue weighted by atomic mass is 16.3. The Kier molecular flexibility index (Phi) is 3.22. The van der Waals surface area contributed by atoms with Gasteiger partial charge >= 0.3 is 0 Å². The van der Waals surface area contributed by atoms with Gasteiger partial charge in [0.15, 0.2) is 11.0 Å². The molecule has 0 unspecified atom stereocenters. The van der Waals surface area contributed by atoms with E-state index in [2.05, 4.69) is 90.7 Å². The number of furan rings is 1. The van der Waals surface area contributed by atoms with Gasteiger partial charge in [-0.15, -0.1) is 0 Å².